The van der Waals surface area contributed by atoms with E-state index in [1.807, 2.05) is 0 Å². The summed E-state index contributed by atoms with van der Waals surface area (Å²) in [5.74, 6) is -10.2. The molecular formula is C23H22O12. The number of ketones is 2. The van der Waals surface area contributed by atoms with E-state index in [0.29, 0.717) is 0 Å². The van der Waals surface area contributed by atoms with Crippen LogP contribution in [0.1, 0.15) is 65.7 Å². The van der Waals surface area contributed by atoms with Gasteiger partial charge in [-0.05, 0) is 25.0 Å². The van der Waals surface area contributed by atoms with Gasteiger partial charge < -0.3 is 46.0 Å². The van der Waals surface area contributed by atoms with Crippen molar-refractivity contribution in [3.05, 3.63) is 45.0 Å². The smallest absolute Gasteiger partial charge is 0.339 e. The van der Waals surface area contributed by atoms with Crippen LogP contribution in [0, 0.1) is 12.8 Å². The van der Waals surface area contributed by atoms with Gasteiger partial charge in [0.05, 0.1) is 23.3 Å². The Morgan fingerprint density at radius 2 is 1.49 bits per heavy atom. The summed E-state index contributed by atoms with van der Waals surface area (Å²) in [4.78, 5) is 38.2. The van der Waals surface area contributed by atoms with E-state index < -0.39 is 111 Å². The largest absolute Gasteiger partial charge is 0.507 e. The van der Waals surface area contributed by atoms with E-state index >= 15 is 0 Å². The lowest BCUT2D eigenvalue weighted by atomic mass is 9.71. The van der Waals surface area contributed by atoms with Crippen LogP contribution in [0.5, 0.6) is 23.0 Å². The topological polar surface area (TPSA) is 233 Å². The number of benzene rings is 2. The van der Waals surface area contributed by atoms with Gasteiger partial charge in [-0.1, -0.05) is 0 Å². The Hall–Kier alpha value is -3.71. The van der Waals surface area contributed by atoms with E-state index in [1.165, 1.54) is 6.92 Å². The third kappa shape index (κ3) is 3.26. The second-order valence-corrected chi connectivity index (χ2v) is 8.75. The molecular weight excluding hydrogens is 468 g/mol. The fourth-order valence-electron chi connectivity index (χ4n) is 5.12. The zero-order valence-electron chi connectivity index (χ0n) is 18.1. The summed E-state index contributed by atoms with van der Waals surface area (Å²) >= 11 is 0. The first-order valence-electron chi connectivity index (χ1n) is 10.5. The lowest BCUT2D eigenvalue weighted by molar-refractivity contribution is -0.127. The van der Waals surface area contributed by atoms with Crippen LogP contribution in [0.4, 0.5) is 0 Å². The molecule has 5 atom stereocenters. The van der Waals surface area contributed by atoms with Crippen molar-refractivity contribution in [3.8, 4) is 23.0 Å². The Balaban J connectivity index is 1.99. The minimum absolute atomic E-state index is 0.276. The SMILES string of the molecule is Cc1c(C(=O)O)c(O)cc2c1C(=O)c1c(O)c([C@H]3C[C@H](CO)[C@@H](O)[C@H](O)[C@H]3O)c(O)c(O)c1C2=O. The highest BCUT2D eigenvalue weighted by atomic mass is 16.4. The molecule has 0 aliphatic heterocycles. The maximum absolute atomic E-state index is 13.4. The Kier molecular flexibility index (Phi) is 5.72. The van der Waals surface area contributed by atoms with E-state index in [1.54, 1.807) is 0 Å². The van der Waals surface area contributed by atoms with Gasteiger partial charge in [0.15, 0.2) is 23.1 Å². The van der Waals surface area contributed by atoms with Crippen LogP contribution in [0.15, 0.2) is 6.07 Å². The monoisotopic (exact) mass is 490 g/mol. The van der Waals surface area contributed by atoms with Gasteiger partial charge in [-0.3, -0.25) is 9.59 Å². The number of fused-ring (bicyclic) bond motifs is 2. The predicted octanol–water partition coefficient (Wildman–Crippen LogP) is -0.530. The van der Waals surface area contributed by atoms with Gasteiger partial charge >= 0.3 is 5.97 Å². The van der Waals surface area contributed by atoms with Crippen LogP contribution in [0.3, 0.4) is 0 Å². The number of aromatic hydroxyl groups is 4. The maximum atomic E-state index is 13.4. The van der Waals surface area contributed by atoms with Gasteiger partial charge in [-0.15, -0.1) is 0 Å². The first-order valence-corrected chi connectivity index (χ1v) is 10.5. The van der Waals surface area contributed by atoms with Crippen molar-refractivity contribution in [2.75, 3.05) is 6.61 Å². The van der Waals surface area contributed by atoms with E-state index in [-0.39, 0.29) is 12.0 Å². The number of phenolic OH excluding ortho intramolecular Hbond substituents is 3. The molecule has 0 aromatic heterocycles. The summed E-state index contributed by atoms with van der Waals surface area (Å²) in [6, 6.07) is 0.741. The third-order valence-corrected chi connectivity index (χ3v) is 6.91. The van der Waals surface area contributed by atoms with Crippen molar-refractivity contribution in [2.24, 2.45) is 5.92 Å². The Morgan fingerprint density at radius 1 is 0.886 bits per heavy atom. The van der Waals surface area contributed by atoms with E-state index in [2.05, 4.69) is 0 Å². The third-order valence-electron chi connectivity index (χ3n) is 6.91. The van der Waals surface area contributed by atoms with Crippen molar-refractivity contribution in [3.63, 3.8) is 0 Å². The summed E-state index contributed by atoms with van der Waals surface area (Å²) < 4.78 is 0. The van der Waals surface area contributed by atoms with Gasteiger partial charge in [0.25, 0.3) is 0 Å². The molecule has 0 bridgehead atoms. The van der Waals surface area contributed by atoms with Gasteiger partial charge in [-0.2, -0.15) is 0 Å². The van der Waals surface area contributed by atoms with Crippen molar-refractivity contribution in [1.29, 1.82) is 0 Å². The molecule has 1 saturated carbocycles. The molecule has 2 aromatic rings. The summed E-state index contributed by atoms with van der Waals surface area (Å²) in [6.45, 7) is 0.538. The summed E-state index contributed by atoms with van der Waals surface area (Å²) in [5, 5.41) is 92.2. The second-order valence-electron chi connectivity index (χ2n) is 8.75. The predicted molar refractivity (Wildman–Crippen MR) is 114 cm³/mol. The molecule has 12 heteroatoms. The van der Waals surface area contributed by atoms with Crippen LogP contribution in [0.25, 0.3) is 0 Å². The summed E-state index contributed by atoms with van der Waals surface area (Å²) in [6.07, 6.45) is -5.45. The number of carbonyl (C=O) groups is 3. The maximum Gasteiger partial charge on any atom is 0.339 e. The molecule has 0 spiro atoms. The normalized spacial score (nSPS) is 25.8. The molecule has 1 fully saturated rings. The highest BCUT2D eigenvalue weighted by Crippen LogP contribution is 2.53. The zero-order chi connectivity index (χ0) is 26.1. The number of rotatable bonds is 3. The fraction of sp³-hybridized carbons (Fsp3) is 0.348. The number of carboxylic acids is 1. The van der Waals surface area contributed by atoms with Crippen molar-refractivity contribution in [1.82, 2.24) is 0 Å². The standard InChI is InChI=1S/C23H22O12/c1-5-10-8(3-9(25)11(5)23(34)35)16(27)13-14(18(10)29)19(30)12(20(31)21(13)32)7-2-6(4-24)15(26)22(33)17(7)28/h3,6-7,15,17,22,24-26,28,30-33H,2,4H2,1H3,(H,34,35)/t6-,7-,15-,17+,22+/m1/s1. The van der Waals surface area contributed by atoms with Crippen molar-refractivity contribution in [2.45, 2.75) is 37.6 Å². The molecule has 0 radical (unpaired) electrons. The Bertz CT molecular complexity index is 1290. The number of aliphatic hydroxyl groups excluding tert-OH is 4. The number of carbonyl (C=O) groups excluding carboxylic acids is 2. The molecule has 12 nitrogen and oxygen atoms in total. The molecule has 2 aliphatic carbocycles. The van der Waals surface area contributed by atoms with Gasteiger partial charge in [-0.25, -0.2) is 4.79 Å². The number of phenols is 4. The molecule has 2 aliphatic rings. The quantitative estimate of drug-likeness (QED) is 0.166. The molecule has 186 valence electrons. The number of aliphatic hydroxyl groups is 4. The average molecular weight is 490 g/mol. The van der Waals surface area contributed by atoms with Crippen molar-refractivity contribution >= 4 is 17.5 Å². The Labute approximate surface area is 196 Å². The zero-order valence-corrected chi connectivity index (χ0v) is 18.1. The average Bonchev–Trinajstić information content (AvgIpc) is 2.79. The molecule has 0 amide bonds. The van der Waals surface area contributed by atoms with Crippen LogP contribution in [-0.2, 0) is 0 Å². The summed E-state index contributed by atoms with van der Waals surface area (Å²) in [5.41, 5.74) is -4.00. The number of hydrogen-bond acceptors (Lipinski definition) is 11. The van der Waals surface area contributed by atoms with E-state index in [9.17, 15) is 60.3 Å². The lowest BCUT2D eigenvalue weighted by Crippen LogP contribution is -2.51. The molecule has 0 heterocycles. The molecule has 0 saturated heterocycles. The first kappa shape index (κ1) is 24.4. The van der Waals surface area contributed by atoms with Crippen LogP contribution < -0.4 is 0 Å². The van der Waals surface area contributed by atoms with Crippen LogP contribution in [0.2, 0.25) is 0 Å². The highest BCUT2D eigenvalue weighted by Gasteiger charge is 2.47. The van der Waals surface area contributed by atoms with Gasteiger partial charge in [0.1, 0.15) is 23.2 Å². The molecule has 9 N–H and O–H groups in total. The van der Waals surface area contributed by atoms with Crippen molar-refractivity contribution < 1.29 is 60.3 Å². The lowest BCUT2D eigenvalue weighted by Gasteiger charge is -2.40. The highest BCUT2D eigenvalue weighted by molar-refractivity contribution is 6.31. The minimum Gasteiger partial charge on any atom is -0.507 e. The molecule has 0 unspecified atom stereocenters. The molecule has 35 heavy (non-hydrogen) atoms. The van der Waals surface area contributed by atoms with Gasteiger partial charge in [0.2, 0.25) is 0 Å². The fourth-order valence-corrected chi connectivity index (χ4v) is 5.12. The van der Waals surface area contributed by atoms with Crippen LogP contribution in [-0.4, -0.2) is 88.4 Å². The summed E-state index contributed by atoms with van der Waals surface area (Å²) in [7, 11) is 0. The molecule has 4 rings (SSSR count). The van der Waals surface area contributed by atoms with E-state index in [0.717, 1.165) is 6.07 Å². The Morgan fingerprint density at radius 3 is 2.06 bits per heavy atom. The van der Waals surface area contributed by atoms with Gasteiger partial charge in [0, 0.05) is 35.1 Å². The minimum atomic E-state index is -1.82. The molecule has 2 aromatic carbocycles. The second kappa shape index (κ2) is 8.20. The van der Waals surface area contributed by atoms with E-state index in [4.69, 9.17) is 0 Å². The van der Waals surface area contributed by atoms with Crippen LogP contribution >= 0.6 is 0 Å². The number of aromatic carboxylic acids is 1. The number of hydrogen-bond donors (Lipinski definition) is 9. The number of carboxylic acid groups (broad SMARTS) is 1. The first-order chi connectivity index (χ1) is 16.3.